The zero-order valence-electron chi connectivity index (χ0n) is 21.0. The maximum atomic E-state index is 12.3. The standard InChI is InChI=1S/C29H29N3O5S.ClH/c33-29(22-8-6-7-21(17-22)20-37-32-38(34,35)24-9-2-1-3-10-24)19-30-15-16-36-23-13-14-26-25-11-4-5-12-27(25)31-28(26)18-23;/h1-14,17-18,29-33H,15-16,19-20H2;1H. The van der Waals surface area contributed by atoms with Gasteiger partial charge in [-0.15, -0.1) is 12.4 Å². The summed E-state index contributed by atoms with van der Waals surface area (Å²) in [6.45, 7) is 1.38. The summed E-state index contributed by atoms with van der Waals surface area (Å²) in [6.07, 6.45) is -0.737. The van der Waals surface area contributed by atoms with Gasteiger partial charge in [-0.3, -0.25) is 4.84 Å². The molecule has 5 aromatic rings. The SMILES string of the molecule is Cl.O=S(=O)(NOCc1cccc(C(O)CNCCOc2ccc3c(c2)[nH]c2ccccc23)c1)c1ccccc1. The minimum Gasteiger partial charge on any atom is -0.492 e. The van der Waals surface area contributed by atoms with E-state index in [-0.39, 0.29) is 23.9 Å². The van der Waals surface area contributed by atoms with Gasteiger partial charge in [-0.25, -0.2) is 8.42 Å². The van der Waals surface area contributed by atoms with E-state index in [1.54, 1.807) is 36.4 Å². The van der Waals surface area contributed by atoms with E-state index in [4.69, 9.17) is 9.57 Å². The first kappa shape index (κ1) is 28.6. The second-order valence-electron chi connectivity index (χ2n) is 8.88. The topological polar surface area (TPSA) is 113 Å². The summed E-state index contributed by atoms with van der Waals surface area (Å²) in [6, 6.07) is 29.4. The molecule has 1 atom stereocenters. The number of ether oxygens (including phenoxy) is 1. The third-order valence-electron chi connectivity index (χ3n) is 6.16. The van der Waals surface area contributed by atoms with Gasteiger partial charge in [0.2, 0.25) is 0 Å². The quantitative estimate of drug-likeness (QED) is 0.127. The van der Waals surface area contributed by atoms with Crippen LogP contribution >= 0.6 is 12.4 Å². The fraction of sp³-hybridized carbons (Fsp3) is 0.172. The number of aromatic amines is 1. The molecule has 5 rings (SSSR count). The van der Waals surface area contributed by atoms with E-state index in [2.05, 4.69) is 33.4 Å². The Kier molecular flexibility index (Phi) is 9.58. The molecule has 4 aromatic carbocycles. The lowest BCUT2D eigenvalue weighted by Crippen LogP contribution is -2.26. The van der Waals surface area contributed by atoms with Crippen molar-refractivity contribution in [1.82, 2.24) is 15.2 Å². The summed E-state index contributed by atoms with van der Waals surface area (Å²) < 4.78 is 30.4. The van der Waals surface area contributed by atoms with Crippen LogP contribution in [0.1, 0.15) is 17.2 Å². The fourth-order valence-corrected chi connectivity index (χ4v) is 5.08. The van der Waals surface area contributed by atoms with Crippen molar-refractivity contribution in [2.24, 2.45) is 0 Å². The van der Waals surface area contributed by atoms with Crippen LogP contribution in [-0.4, -0.2) is 38.2 Å². The van der Waals surface area contributed by atoms with Crippen LogP contribution in [0.15, 0.2) is 102 Å². The van der Waals surface area contributed by atoms with E-state index < -0.39 is 16.1 Å². The summed E-state index contributed by atoms with van der Waals surface area (Å²) in [7, 11) is -3.76. The summed E-state index contributed by atoms with van der Waals surface area (Å²) in [5.41, 5.74) is 3.56. The van der Waals surface area contributed by atoms with Crippen molar-refractivity contribution < 1.29 is 23.1 Å². The zero-order chi connectivity index (χ0) is 26.4. The molecule has 0 bridgehead atoms. The first-order chi connectivity index (χ1) is 18.5. The van der Waals surface area contributed by atoms with Crippen molar-refractivity contribution in [2.75, 3.05) is 19.7 Å². The maximum Gasteiger partial charge on any atom is 0.262 e. The third kappa shape index (κ3) is 7.15. The van der Waals surface area contributed by atoms with Gasteiger partial charge in [0.25, 0.3) is 10.0 Å². The average molecular weight is 568 g/mol. The number of aliphatic hydroxyl groups is 1. The van der Waals surface area contributed by atoms with Gasteiger partial charge in [-0.1, -0.05) is 65.5 Å². The molecule has 10 heteroatoms. The van der Waals surface area contributed by atoms with Gasteiger partial charge in [0.1, 0.15) is 12.4 Å². The Bertz CT molecular complexity index is 1630. The molecule has 0 fully saturated rings. The smallest absolute Gasteiger partial charge is 0.262 e. The van der Waals surface area contributed by atoms with Crippen molar-refractivity contribution in [3.8, 4) is 5.75 Å². The van der Waals surface area contributed by atoms with Gasteiger partial charge in [0, 0.05) is 35.4 Å². The Morgan fingerprint density at radius 3 is 2.46 bits per heavy atom. The lowest BCUT2D eigenvalue weighted by Gasteiger charge is -2.14. The Labute approximate surface area is 233 Å². The average Bonchev–Trinajstić information content (AvgIpc) is 3.31. The van der Waals surface area contributed by atoms with Crippen molar-refractivity contribution in [3.63, 3.8) is 0 Å². The number of nitrogens with one attached hydrogen (secondary N) is 3. The number of hydrogen-bond donors (Lipinski definition) is 4. The number of hydrogen-bond acceptors (Lipinski definition) is 6. The largest absolute Gasteiger partial charge is 0.492 e. The van der Waals surface area contributed by atoms with Gasteiger partial charge in [-0.2, -0.15) is 0 Å². The van der Waals surface area contributed by atoms with Gasteiger partial charge in [0.05, 0.1) is 23.1 Å². The third-order valence-corrected chi connectivity index (χ3v) is 7.39. The number of sulfonamides is 1. The van der Waals surface area contributed by atoms with E-state index in [9.17, 15) is 13.5 Å². The van der Waals surface area contributed by atoms with Crippen LogP contribution < -0.4 is 14.9 Å². The molecule has 0 saturated heterocycles. The number of benzene rings is 4. The molecule has 1 aromatic heterocycles. The predicted octanol–water partition coefficient (Wildman–Crippen LogP) is 4.86. The van der Waals surface area contributed by atoms with Crippen LogP contribution in [0, 0.1) is 0 Å². The highest BCUT2D eigenvalue weighted by Gasteiger charge is 2.14. The number of H-pyrrole nitrogens is 1. The summed E-state index contributed by atoms with van der Waals surface area (Å²) in [5, 5.41) is 16.2. The monoisotopic (exact) mass is 567 g/mol. The number of fused-ring (bicyclic) bond motifs is 3. The fourth-order valence-electron chi connectivity index (χ4n) is 4.25. The summed E-state index contributed by atoms with van der Waals surface area (Å²) in [5.74, 6) is 0.780. The number of aliphatic hydroxyl groups excluding tert-OH is 1. The van der Waals surface area contributed by atoms with Crippen LogP contribution in [-0.2, 0) is 21.5 Å². The van der Waals surface area contributed by atoms with Gasteiger partial charge < -0.3 is 20.1 Å². The number of para-hydroxylation sites is 1. The molecule has 0 aliphatic heterocycles. The first-order valence-electron chi connectivity index (χ1n) is 12.3. The van der Waals surface area contributed by atoms with Gasteiger partial charge >= 0.3 is 0 Å². The highest BCUT2D eigenvalue weighted by Crippen LogP contribution is 2.28. The maximum absolute atomic E-state index is 12.3. The zero-order valence-corrected chi connectivity index (χ0v) is 22.7. The summed E-state index contributed by atoms with van der Waals surface area (Å²) in [4.78, 5) is 10.9. The van der Waals surface area contributed by atoms with Gasteiger partial charge in [-0.05, 0) is 41.5 Å². The van der Waals surface area contributed by atoms with Crippen molar-refractivity contribution >= 4 is 44.2 Å². The normalized spacial score (nSPS) is 12.3. The van der Waals surface area contributed by atoms with E-state index >= 15 is 0 Å². The molecule has 0 saturated carbocycles. The minimum absolute atomic E-state index is 0. The molecule has 0 radical (unpaired) electrons. The Morgan fingerprint density at radius 1 is 0.846 bits per heavy atom. The molecule has 39 heavy (non-hydrogen) atoms. The van der Waals surface area contributed by atoms with Crippen molar-refractivity contribution in [2.45, 2.75) is 17.6 Å². The van der Waals surface area contributed by atoms with Crippen LogP contribution in [0.3, 0.4) is 0 Å². The molecular weight excluding hydrogens is 538 g/mol. The molecule has 0 aliphatic rings. The molecule has 204 valence electrons. The molecule has 1 heterocycles. The Hall–Kier alpha value is -3.44. The van der Waals surface area contributed by atoms with Crippen LogP contribution in [0.4, 0.5) is 0 Å². The minimum atomic E-state index is -3.76. The first-order valence-corrected chi connectivity index (χ1v) is 13.8. The van der Waals surface area contributed by atoms with Crippen molar-refractivity contribution in [3.05, 3.63) is 108 Å². The van der Waals surface area contributed by atoms with Gasteiger partial charge in [0.15, 0.2) is 0 Å². The van der Waals surface area contributed by atoms with E-state index in [0.29, 0.717) is 25.3 Å². The van der Waals surface area contributed by atoms with E-state index in [0.717, 1.165) is 27.7 Å². The molecule has 0 amide bonds. The molecule has 1 unspecified atom stereocenters. The van der Waals surface area contributed by atoms with E-state index in [1.807, 2.05) is 30.3 Å². The highest BCUT2D eigenvalue weighted by atomic mass is 35.5. The lowest BCUT2D eigenvalue weighted by molar-refractivity contribution is 0.0793. The number of halogens is 1. The molecule has 0 spiro atoms. The Balaban J connectivity index is 0.00000353. The second kappa shape index (κ2) is 13.1. The van der Waals surface area contributed by atoms with Crippen LogP contribution in [0.25, 0.3) is 21.8 Å². The van der Waals surface area contributed by atoms with E-state index in [1.165, 1.54) is 17.5 Å². The molecular formula is C29H30ClN3O5S. The molecule has 4 N–H and O–H groups in total. The van der Waals surface area contributed by atoms with Crippen molar-refractivity contribution in [1.29, 1.82) is 0 Å². The number of aromatic nitrogens is 1. The van der Waals surface area contributed by atoms with Crippen LogP contribution in [0.2, 0.25) is 0 Å². The van der Waals surface area contributed by atoms with Crippen LogP contribution in [0.5, 0.6) is 5.75 Å². The predicted molar refractivity (Wildman–Crippen MR) is 154 cm³/mol. The second-order valence-corrected chi connectivity index (χ2v) is 10.5. The molecule has 8 nitrogen and oxygen atoms in total. The molecule has 0 aliphatic carbocycles. The summed E-state index contributed by atoms with van der Waals surface area (Å²) >= 11 is 0. The number of rotatable bonds is 12. The lowest BCUT2D eigenvalue weighted by atomic mass is 10.1. The Morgan fingerprint density at radius 2 is 1.62 bits per heavy atom. The highest BCUT2D eigenvalue weighted by molar-refractivity contribution is 7.89.